The highest BCUT2D eigenvalue weighted by Crippen LogP contribution is 2.40. The van der Waals surface area contributed by atoms with Crippen LogP contribution < -0.4 is 5.32 Å². The maximum Gasteiger partial charge on any atom is 0.159 e. The highest BCUT2D eigenvalue weighted by molar-refractivity contribution is 6.31. The van der Waals surface area contributed by atoms with E-state index in [0.717, 1.165) is 28.4 Å². The molecule has 19 heavy (non-hydrogen) atoms. The molecule has 1 unspecified atom stereocenters. The molecule has 1 heterocycles. The van der Waals surface area contributed by atoms with E-state index in [0.29, 0.717) is 11.4 Å². The Hall–Kier alpha value is -1.61. The second-order valence-corrected chi connectivity index (χ2v) is 5.20. The highest BCUT2D eigenvalue weighted by Gasteiger charge is 2.25. The first-order valence-electron chi connectivity index (χ1n) is 6.05. The van der Waals surface area contributed by atoms with Crippen molar-refractivity contribution in [1.82, 2.24) is 0 Å². The monoisotopic (exact) mass is 279 g/mol. The molecule has 0 bridgehead atoms. The lowest BCUT2D eigenvalue weighted by Crippen LogP contribution is -2.06. The zero-order valence-electron chi connectivity index (χ0n) is 10.3. The number of anilines is 1. The summed E-state index contributed by atoms with van der Waals surface area (Å²) >= 11 is 6.18. The third-order valence-electron chi connectivity index (χ3n) is 3.54. The SMILES string of the molecule is Cc1ccc(Cl)c2c1NC(c1ccc(F)c(F)c1)C2. The molecule has 0 spiro atoms. The minimum atomic E-state index is -0.825. The summed E-state index contributed by atoms with van der Waals surface area (Å²) < 4.78 is 26.3. The van der Waals surface area contributed by atoms with Gasteiger partial charge in [-0.2, -0.15) is 0 Å². The van der Waals surface area contributed by atoms with Crippen LogP contribution in [0, 0.1) is 18.6 Å². The Balaban J connectivity index is 1.97. The van der Waals surface area contributed by atoms with Crippen molar-refractivity contribution in [3.8, 4) is 0 Å². The summed E-state index contributed by atoms with van der Waals surface area (Å²) in [4.78, 5) is 0. The highest BCUT2D eigenvalue weighted by atomic mass is 35.5. The summed E-state index contributed by atoms with van der Waals surface area (Å²) in [5.41, 5.74) is 3.87. The van der Waals surface area contributed by atoms with E-state index in [9.17, 15) is 8.78 Å². The molecule has 2 aromatic carbocycles. The molecular weight excluding hydrogens is 268 g/mol. The van der Waals surface area contributed by atoms with Crippen molar-refractivity contribution < 1.29 is 8.78 Å². The molecule has 0 saturated carbocycles. The molecule has 1 nitrogen and oxygen atoms in total. The smallest absolute Gasteiger partial charge is 0.159 e. The van der Waals surface area contributed by atoms with Crippen molar-refractivity contribution in [3.63, 3.8) is 0 Å². The molecule has 1 atom stereocenters. The van der Waals surface area contributed by atoms with Gasteiger partial charge in [0.25, 0.3) is 0 Å². The van der Waals surface area contributed by atoms with E-state index in [1.165, 1.54) is 6.07 Å². The van der Waals surface area contributed by atoms with Crippen LogP contribution >= 0.6 is 11.6 Å². The van der Waals surface area contributed by atoms with E-state index in [2.05, 4.69) is 5.32 Å². The van der Waals surface area contributed by atoms with E-state index >= 15 is 0 Å². The molecule has 1 aliphatic rings. The lowest BCUT2D eigenvalue weighted by atomic mass is 10.0. The lowest BCUT2D eigenvalue weighted by Gasteiger charge is -2.12. The number of hydrogen-bond acceptors (Lipinski definition) is 1. The number of halogens is 3. The van der Waals surface area contributed by atoms with Crippen LogP contribution in [0.1, 0.15) is 22.7 Å². The van der Waals surface area contributed by atoms with Crippen LogP contribution in [0.15, 0.2) is 30.3 Å². The average Bonchev–Trinajstić information content (AvgIpc) is 2.83. The minimum absolute atomic E-state index is 0.0660. The van der Waals surface area contributed by atoms with Gasteiger partial charge in [-0.3, -0.25) is 0 Å². The standard InChI is InChI=1S/C15H12ClF2N/c1-8-2-4-11(16)10-7-14(19-15(8)10)9-3-5-12(17)13(18)6-9/h2-6,14,19H,7H2,1H3. The van der Waals surface area contributed by atoms with Crippen molar-refractivity contribution in [2.75, 3.05) is 5.32 Å². The molecule has 2 aromatic rings. The topological polar surface area (TPSA) is 12.0 Å². The molecule has 1 N–H and O–H groups in total. The van der Waals surface area contributed by atoms with Crippen molar-refractivity contribution in [3.05, 3.63) is 63.7 Å². The number of hydrogen-bond donors (Lipinski definition) is 1. The van der Waals surface area contributed by atoms with Crippen LogP contribution in [0.5, 0.6) is 0 Å². The van der Waals surface area contributed by atoms with Crippen LogP contribution in [0.2, 0.25) is 5.02 Å². The van der Waals surface area contributed by atoms with Gasteiger partial charge in [-0.25, -0.2) is 8.78 Å². The number of aryl methyl sites for hydroxylation is 1. The molecule has 0 radical (unpaired) electrons. The molecular formula is C15H12ClF2N. The predicted molar refractivity (Wildman–Crippen MR) is 72.6 cm³/mol. The molecule has 0 fully saturated rings. The Bertz CT molecular complexity index is 624. The van der Waals surface area contributed by atoms with Gasteiger partial charge in [0.2, 0.25) is 0 Å². The minimum Gasteiger partial charge on any atom is -0.377 e. The quantitative estimate of drug-likeness (QED) is 0.802. The molecule has 0 amide bonds. The van der Waals surface area contributed by atoms with E-state index in [1.807, 2.05) is 19.1 Å². The van der Waals surface area contributed by atoms with Crippen LogP contribution in [-0.4, -0.2) is 0 Å². The zero-order valence-corrected chi connectivity index (χ0v) is 11.1. The van der Waals surface area contributed by atoms with Gasteiger partial charge in [0, 0.05) is 17.1 Å². The summed E-state index contributed by atoms with van der Waals surface area (Å²) in [6, 6.07) is 7.74. The second-order valence-electron chi connectivity index (χ2n) is 4.79. The summed E-state index contributed by atoms with van der Waals surface area (Å²) in [7, 11) is 0. The summed E-state index contributed by atoms with van der Waals surface area (Å²) in [6.07, 6.45) is 0.681. The second kappa shape index (κ2) is 4.49. The maximum absolute atomic E-state index is 13.3. The third-order valence-corrected chi connectivity index (χ3v) is 3.89. The Labute approximate surface area is 115 Å². The van der Waals surface area contributed by atoms with E-state index in [1.54, 1.807) is 6.07 Å². The van der Waals surface area contributed by atoms with Gasteiger partial charge in [-0.15, -0.1) is 0 Å². The third kappa shape index (κ3) is 2.08. The van der Waals surface area contributed by atoms with Crippen LogP contribution in [0.25, 0.3) is 0 Å². The van der Waals surface area contributed by atoms with E-state index in [-0.39, 0.29) is 6.04 Å². The fourth-order valence-corrected chi connectivity index (χ4v) is 2.73. The predicted octanol–water partition coefficient (Wildman–Crippen LogP) is 4.64. The molecule has 0 aromatic heterocycles. The van der Waals surface area contributed by atoms with Gasteiger partial charge in [0.05, 0.1) is 6.04 Å². The fourth-order valence-electron chi connectivity index (χ4n) is 2.50. The van der Waals surface area contributed by atoms with Gasteiger partial charge >= 0.3 is 0 Å². The van der Waals surface area contributed by atoms with Gasteiger partial charge in [0.1, 0.15) is 0 Å². The first kappa shape index (κ1) is 12.4. The summed E-state index contributed by atoms with van der Waals surface area (Å²) in [5, 5.41) is 4.04. The Morgan fingerprint density at radius 2 is 1.95 bits per heavy atom. The molecule has 0 saturated heterocycles. The fraction of sp³-hybridized carbons (Fsp3) is 0.200. The van der Waals surface area contributed by atoms with Crippen LogP contribution in [-0.2, 0) is 6.42 Å². The van der Waals surface area contributed by atoms with Crippen molar-refractivity contribution in [2.24, 2.45) is 0 Å². The first-order valence-corrected chi connectivity index (χ1v) is 6.43. The van der Waals surface area contributed by atoms with E-state index < -0.39 is 11.6 Å². The molecule has 0 aliphatic carbocycles. The van der Waals surface area contributed by atoms with Crippen LogP contribution in [0.4, 0.5) is 14.5 Å². The number of nitrogens with one attached hydrogen (secondary N) is 1. The van der Waals surface area contributed by atoms with Crippen molar-refractivity contribution in [1.29, 1.82) is 0 Å². The Morgan fingerprint density at radius 1 is 1.16 bits per heavy atom. The van der Waals surface area contributed by atoms with E-state index in [4.69, 9.17) is 11.6 Å². The average molecular weight is 280 g/mol. The van der Waals surface area contributed by atoms with Crippen LogP contribution in [0.3, 0.4) is 0 Å². The Kier molecular flexibility index (Phi) is 2.94. The van der Waals surface area contributed by atoms with Gasteiger partial charge in [0.15, 0.2) is 11.6 Å². The molecule has 3 rings (SSSR count). The number of fused-ring (bicyclic) bond motifs is 1. The molecule has 4 heteroatoms. The zero-order chi connectivity index (χ0) is 13.6. The first-order chi connectivity index (χ1) is 9.06. The number of rotatable bonds is 1. The lowest BCUT2D eigenvalue weighted by molar-refractivity contribution is 0.506. The van der Waals surface area contributed by atoms with Gasteiger partial charge in [-0.05, 0) is 41.8 Å². The maximum atomic E-state index is 13.3. The van der Waals surface area contributed by atoms with Crippen molar-refractivity contribution in [2.45, 2.75) is 19.4 Å². The molecule has 98 valence electrons. The van der Waals surface area contributed by atoms with Gasteiger partial charge in [-0.1, -0.05) is 23.7 Å². The summed E-state index contributed by atoms with van der Waals surface area (Å²) in [6.45, 7) is 2.00. The largest absolute Gasteiger partial charge is 0.377 e. The normalized spacial score (nSPS) is 17.2. The van der Waals surface area contributed by atoms with Crippen molar-refractivity contribution >= 4 is 17.3 Å². The summed E-state index contributed by atoms with van der Waals surface area (Å²) in [5.74, 6) is -1.65. The molecule has 1 aliphatic heterocycles. The Morgan fingerprint density at radius 3 is 2.63 bits per heavy atom. The van der Waals surface area contributed by atoms with Gasteiger partial charge < -0.3 is 5.32 Å². The number of benzene rings is 2.